The summed E-state index contributed by atoms with van der Waals surface area (Å²) in [6, 6.07) is 0. The molecule has 2 bridgehead atoms. The number of hydrogen-bond acceptors (Lipinski definition) is 0. The van der Waals surface area contributed by atoms with Crippen molar-refractivity contribution in [2.24, 2.45) is 17.8 Å². The van der Waals surface area contributed by atoms with Gasteiger partial charge in [-0.05, 0) is 56.8 Å². The van der Waals surface area contributed by atoms with Crippen molar-refractivity contribution in [2.45, 2.75) is 52.4 Å². The van der Waals surface area contributed by atoms with Gasteiger partial charge in [0.1, 0.15) is 0 Å². The minimum absolute atomic E-state index is 0.898. The maximum absolute atomic E-state index is 2.47. The molecule has 3 atom stereocenters. The molecule has 0 N–H and O–H groups in total. The van der Waals surface area contributed by atoms with E-state index in [9.17, 15) is 0 Å². The number of unbranched alkanes of at least 4 members (excludes halogenated alkanes) is 1. The Balaban J connectivity index is 1.78. The van der Waals surface area contributed by atoms with Crippen LogP contribution in [0, 0.1) is 17.8 Å². The predicted octanol–water partition coefficient (Wildman–Crippen LogP) is 5.28. The first-order chi connectivity index (χ1) is 8.33. The lowest BCUT2D eigenvalue weighted by atomic mass is 9.86. The minimum Gasteiger partial charge on any atom is -0.0882 e. The Morgan fingerprint density at radius 1 is 1.24 bits per heavy atom. The SMILES string of the molecule is CC=C(CC=CCCC)CC1CC2C=CC1C2. The quantitative estimate of drug-likeness (QED) is 0.544. The highest BCUT2D eigenvalue weighted by atomic mass is 14.4. The third-order valence-corrected chi connectivity index (χ3v) is 4.35. The van der Waals surface area contributed by atoms with Crippen LogP contribution in [-0.2, 0) is 0 Å². The third kappa shape index (κ3) is 3.34. The van der Waals surface area contributed by atoms with E-state index in [4.69, 9.17) is 0 Å². The van der Waals surface area contributed by atoms with Gasteiger partial charge in [-0.3, -0.25) is 0 Å². The third-order valence-electron chi connectivity index (χ3n) is 4.35. The maximum atomic E-state index is 2.47. The van der Waals surface area contributed by atoms with Gasteiger partial charge in [0.2, 0.25) is 0 Å². The van der Waals surface area contributed by atoms with Crippen LogP contribution in [0.1, 0.15) is 52.4 Å². The van der Waals surface area contributed by atoms with Gasteiger partial charge in [-0.1, -0.05) is 49.3 Å². The maximum Gasteiger partial charge on any atom is -0.0139 e. The summed E-state index contributed by atoms with van der Waals surface area (Å²) in [7, 11) is 0. The van der Waals surface area contributed by atoms with Gasteiger partial charge in [-0.2, -0.15) is 0 Å². The van der Waals surface area contributed by atoms with Gasteiger partial charge in [0.25, 0.3) is 0 Å². The Bertz CT molecular complexity index is 319. The van der Waals surface area contributed by atoms with Crippen LogP contribution in [0.15, 0.2) is 36.0 Å². The van der Waals surface area contributed by atoms with Crippen molar-refractivity contribution in [3.63, 3.8) is 0 Å². The van der Waals surface area contributed by atoms with Crippen molar-refractivity contribution >= 4 is 0 Å². The van der Waals surface area contributed by atoms with Crippen LogP contribution < -0.4 is 0 Å². The molecule has 0 aromatic heterocycles. The average molecular weight is 230 g/mol. The van der Waals surface area contributed by atoms with E-state index in [1.54, 1.807) is 5.57 Å². The van der Waals surface area contributed by atoms with Crippen LogP contribution in [0.25, 0.3) is 0 Å². The molecular weight excluding hydrogens is 204 g/mol. The molecule has 0 spiro atoms. The number of fused-ring (bicyclic) bond motifs is 2. The van der Waals surface area contributed by atoms with Crippen molar-refractivity contribution in [2.75, 3.05) is 0 Å². The Kier molecular flexibility index (Phi) is 4.65. The van der Waals surface area contributed by atoms with E-state index in [1.165, 1.54) is 38.5 Å². The molecule has 3 unspecified atom stereocenters. The van der Waals surface area contributed by atoms with Crippen molar-refractivity contribution in [3.8, 4) is 0 Å². The second-order valence-corrected chi connectivity index (χ2v) is 5.66. The Labute approximate surface area is 106 Å². The molecule has 0 aromatic carbocycles. The van der Waals surface area contributed by atoms with Crippen molar-refractivity contribution in [1.82, 2.24) is 0 Å². The lowest BCUT2D eigenvalue weighted by Gasteiger charge is -2.19. The second-order valence-electron chi connectivity index (χ2n) is 5.66. The zero-order valence-electron chi connectivity index (χ0n) is 11.4. The molecule has 2 aliphatic rings. The second kappa shape index (κ2) is 6.23. The molecule has 2 rings (SSSR count). The highest BCUT2D eigenvalue weighted by Crippen LogP contribution is 2.46. The van der Waals surface area contributed by atoms with Gasteiger partial charge in [-0.15, -0.1) is 0 Å². The summed E-state index contributed by atoms with van der Waals surface area (Å²) >= 11 is 0. The largest absolute Gasteiger partial charge is 0.0882 e. The van der Waals surface area contributed by atoms with Crippen molar-refractivity contribution in [3.05, 3.63) is 36.0 Å². The number of rotatable bonds is 6. The zero-order chi connectivity index (χ0) is 12.1. The van der Waals surface area contributed by atoms with Crippen molar-refractivity contribution in [1.29, 1.82) is 0 Å². The zero-order valence-corrected chi connectivity index (χ0v) is 11.4. The van der Waals surface area contributed by atoms with Gasteiger partial charge in [0.05, 0.1) is 0 Å². The van der Waals surface area contributed by atoms with Gasteiger partial charge in [0, 0.05) is 0 Å². The molecule has 0 heterocycles. The van der Waals surface area contributed by atoms with E-state index >= 15 is 0 Å². The fourth-order valence-corrected chi connectivity index (χ4v) is 3.30. The number of hydrogen-bond donors (Lipinski definition) is 0. The van der Waals surface area contributed by atoms with Gasteiger partial charge in [-0.25, -0.2) is 0 Å². The highest BCUT2D eigenvalue weighted by molar-refractivity contribution is 5.15. The lowest BCUT2D eigenvalue weighted by molar-refractivity contribution is 0.441. The molecule has 1 saturated carbocycles. The summed E-state index contributed by atoms with van der Waals surface area (Å²) in [5.41, 5.74) is 1.64. The Morgan fingerprint density at radius 3 is 2.71 bits per heavy atom. The fourth-order valence-electron chi connectivity index (χ4n) is 3.30. The van der Waals surface area contributed by atoms with Crippen LogP contribution in [0.2, 0.25) is 0 Å². The Hall–Kier alpha value is -0.780. The van der Waals surface area contributed by atoms with Crippen LogP contribution in [-0.4, -0.2) is 0 Å². The lowest BCUT2D eigenvalue weighted by Crippen LogP contribution is -2.07. The molecule has 0 amide bonds. The van der Waals surface area contributed by atoms with E-state index in [2.05, 4.69) is 44.2 Å². The van der Waals surface area contributed by atoms with Gasteiger partial charge >= 0.3 is 0 Å². The van der Waals surface area contributed by atoms with E-state index in [0.29, 0.717) is 0 Å². The van der Waals surface area contributed by atoms with Crippen molar-refractivity contribution < 1.29 is 0 Å². The van der Waals surface area contributed by atoms with Crippen LogP contribution in [0.3, 0.4) is 0 Å². The van der Waals surface area contributed by atoms with Crippen LogP contribution in [0.5, 0.6) is 0 Å². The molecule has 0 saturated heterocycles. The Morgan fingerprint density at radius 2 is 2.12 bits per heavy atom. The smallest absolute Gasteiger partial charge is 0.0139 e. The van der Waals surface area contributed by atoms with E-state index < -0.39 is 0 Å². The predicted molar refractivity (Wildman–Crippen MR) is 75.9 cm³/mol. The number of allylic oxidation sites excluding steroid dienone is 6. The van der Waals surface area contributed by atoms with Crippen LogP contribution in [0.4, 0.5) is 0 Å². The molecule has 1 fully saturated rings. The summed E-state index contributed by atoms with van der Waals surface area (Å²) in [5.74, 6) is 2.75. The molecule has 94 valence electrons. The van der Waals surface area contributed by atoms with E-state index in [-0.39, 0.29) is 0 Å². The van der Waals surface area contributed by atoms with Gasteiger partial charge < -0.3 is 0 Å². The summed E-state index contributed by atoms with van der Waals surface area (Å²) in [4.78, 5) is 0. The molecule has 2 aliphatic carbocycles. The molecule has 0 aliphatic heterocycles. The highest BCUT2D eigenvalue weighted by Gasteiger charge is 2.35. The summed E-state index contributed by atoms with van der Waals surface area (Å²) in [6.45, 7) is 4.44. The first-order valence-electron chi connectivity index (χ1n) is 7.30. The summed E-state index contributed by atoms with van der Waals surface area (Å²) in [5, 5.41) is 0. The fraction of sp³-hybridized carbons (Fsp3) is 0.647. The molecule has 17 heavy (non-hydrogen) atoms. The summed E-state index contributed by atoms with van der Waals surface area (Å²) < 4.78 is 0. The van der Waals surface area contributed by atoms with E-state index in [0.717, 1.165) is 17.8 Å². The standard InChI is InChI=1S/C17H26/c1-3-5-6-7-8-14(4-2)11-17-13-15-9-10-16(17)12-15/h4,6-7,9-10,15-17H,3,5,8,11-13H2,1-2H3. The molecule has 0 heteroatoms. The first-order valence-corrected chi connectivity index (χ1v) is 7.30. The van der Waals surface area contributed by atoms with E-state index in [1.807, 2.05) is 0 Å². The molecule has 0 radical (unpaired) electrons. The minimum atomic E-state index is 0.898. The first kappa shape index (κ1) is 12.7. The van der Waals surface area contributed by atoms with Crippen LogP contribution >= 0.6 is 0 Å². The average Bonchev–Trinajstić information content (AvgIpc) is 2.95. The normalized spacial score (nSPS) is 31.9. The molecular formula is C17H26. The molecule has 0 nitrogen and oxygen atoms in total. The molecule has 0 aromatic rings. The topological polar surface area (TPSA) is 0 Å². The monoisotopic (exact) mass is 230 g/mol. The summed E-state index contributed by atoms with van der Waals surface area (Å²) in [6.07, 6.45) is 19.8. The van der Waals surface area contributed by atoms with Gasteiger partial charge in [0.15, 0.2) is 0 Å².